The maximum Gasteiger partial charge on any atom is 0.317 e. The molecule has 2 aromatic carbocycles. The highest BCUT2D eigenvalue weighted by Crippen LogP contribution is 2.23. The maximum atomic E-state index is 13.9. The van der Waals surface area contributed by atoms with Gasteiger partial charge in [0.25, 0.3) is 0 Å². The molecule has 1 unspecified atom stereocenters. The Labute approximate surface area is 152 Å². The molecule has 1 N–H and O–H groups in total. The lowest BCUT2D eigenvalue weighted by Gasteiger charge is -2.26. The first kappa shape index (κ1) is 19.7. The van der Waals surface area contributed by atoms with E-state index in [1.54, 1.807) is 14.0 Å². The molecule has 140 valence electrons. The summed E-state index contributed by atoms with van der Waals surface area (Å²) in [5.41, 5.74) is 1.02. The molecule has 2 aromatic rings. The fourth-order valence-corrected chi connectivity index (χ4v) is 2.52. The van der Waals surface area contributed by atoms with Gasteiger partial charge in [0.15, 0.2) is 0 Å². The second kappa shape index (κ2) is 8.65. The second-order valence-electron chi connectivity index (χ2n) is 6.43. The van der Waals surface area contributed by atoms with Crippen molar-refractivity contribution in [2.24, 2.45) is 0 Å². The highest BCUT2D eigenvalue weighted by molar-refractivity contribution is 5.74. The molecule has 0 saturated heterocycles. The Morgan fingerprint density at radius 3 is 2.58 bits per heavy atom. The second-order valence-corrected chi connectivity index (χ2v) is 6.43. The van der Waals surface area contributed by atoms with Crippen LogP contribution < -0.4 is 10.1 Å². The van der Waals surface area contributed by atoms with Crippen LogP contribution in [0.1, 0.15) is 37.9 Å². The first-order valence-electron chi connectivity index (χ1n) is 8.49. The monoisotopic (exact) mass is 362 g/mol. The van der Waals surface area contributed by atoms with Gasteiger partial charge >= 0.3 is 6.03 Å². The van der Waals surface area contributed by atoms with Gasteiger partial charge in [0, 0.05) is 19.2 Å². The van der Waals surface area contributed by atoms with Gasteiger partial charge < -0.3 is 15.0 Å². The first-order chi connectivity index (χ1) is 12.3. The molecule has 26 heavy (non-hydrogen) atoms. The van der Waals surface area contributed by atoms with Crippen LogP contribution >= 0.6 is 0 Å². The van der Waals surface area contributed by atoms with Crippen molar-refractivity contribution in [3.63, 3.8) is 0 Å². The summed E-state index contributed by atoms with van der Waals surface area (Å²) in [5, 5.41) is 2.78. The Morgan fingerprint density at radius 2 is 1.88 bits per heavy atom. The fraction of sp³-hybridized carbons (Fsp3) is 0.350. The number of rotatable bonds is 6. The zero-order valence-electron chi connectivity index (χ0n) is 15.4. The minimum atomic E-state index is -0.610. The van der Waals surface area contributed by atoms with Crippen LogP contribution in [-0.2, 0) is 6.54 Å². The molecule has 0 aliphatic heterocycles. The molecule has 0 bridgehead atoms. The lowest BCUT2D eigenvalue weighted by molar-refractivity contribution is 0.193. The van der Waals surface area contributed by atoms with Gasteiger partial charge in [-0.3, -0.25) is 0 Å². The molecule has 2 rings (SSSR count). The van der Waals surface area contributed by atoms with Crippen LogP contribution in [0.25, 0.3) is 0 Å². The normalized spacial score (nSPS) is 12.0. The first-order valence-corrected chi connectivity index (χ1v) is 8.49. The summed E-state index contributed by atoms with van der Waals surface area (Å²) >= 11 is 0. The van der Waals surface area contributed by atoms with E-state index < -0.39 is 17.7 Å². The van der Waals surface area contributed by atoms with Crippen LogP contribution in [0, 0.1) is 11.6 Å². The number of urea groups is 1. The van der Waals surface area contributed by atoms with Crippen LogP contribution in [0.15, 0.2) is 42.5 Å². The summed E-state index contributed by atoms with van der Waals surface area (Å²) in [6, 6.07) is 9.68. The smallest absolute Gasteiger partial charge is 0.317 e. The van der Waals surface area contributed by atoms with Crippen LogP contribution in [-0.4, -0.2) is 24.1 Å². The van der Waals surface area contributed by atoms with Crippen LogP contribution in [0.4, 0.5) is 13.6 Å². The van der Waals surface area contributed by atoms with E-state index in [-0.39, 0.29) is 17.7 Å². The highest BCUT2D eigenvalue weighted by Gasteiger charge is 2.20. The van der Waals surface area contributed by atoms with Crippen molar-refractivity contribution in [3.8, 4) is 5.75 Å². The standard InChI is InChI=1S/C20H24F2N2O2/c1-13(2)26-17-7-5-6-15(10-17)12-23-20(25)24(4)14(3)18-11-16(21)8-9-19(18)22/h5-11,13-14H,12H2,1-4H3,(H,23,25). The Hall–Kier alpha value is -2.63. The lowest BCUT2D eigenvalue weighted by atomic mass is 10.1. The van der Waals surface area contributed by atoms with Crippen molar-refractivity contribution in [3.05, 3.63) is 65.2 Å². The molecule has 0 aliphatic rings. The van der Waals surface area contributed by atoms with Crippen molar-refractivity contribution in [2.45, 2.75) is 39.5 Å². The number of halogens is 2. The lowest BCUT2D eigenvalue weighted by Crippen LogP contribution is -2.38. The predicted molar refractivity (Wildman–Crippen MR) is 97.0 cm³/mol. The van der Waals surface area contributed by atoms with E-state index in [9.17, 15) is 13.6 Å². The molecule has 0 radical (unpaired) electrons. The Bertz CT molecular complexity index is 765. The van der Waals surface area contributed by atoms with Crippen molar-refractivity contribution in [2.75, 3.05) is 7.05 Å². The minimum absolute atomic E-state index is 0.0630. The Morgan fingerprint density at radius 1 is 1.15 bits per heavy atom. The largest absolute Gasteiger partial charge is 0.491 e. The molecule has 0 heterocycles. The number of hydrogen-bond acceptors (Lipinski definition) is 2. The van der Waals surface area contributed by atoms with E-state index in [4.69, 9.17) is 4.74 Å². The van der Waals surface area contributed by atoms with Gasteiger partial charge in [0.1, 0.15) is 17.4 Å². The van der Waals surface area contributed by atoms with Gasteiger partial charge in [-0.2, -0.15) is 0 Å². The number of carbonyl (C=O) groups excluding carboxylic acids is 1. The summed E-state index contributed by atoms with van der Waals surface area (Å²) in [5.74, 6) is -0.351. The third kappa shape index (κ3) is 5.18. The molecule has 2 amide bonds. The zero-order valence-corrected chi connectivity index (χ0v) is 15.4. The van der Waals surface area contributed by atoms with Crippen LogP contribution in [0.5, 0.6) is 5.75 Å². The molecule has 0 aromatic heterocycles. The number of hydrogen-bond donors (Lipinski definition) is 1. The molecule has 0 fully saturated rings. The van der Waals surface area contributed by atoms with Gasteiger partial charge in [-0.15, -0.1) is 0 Å². The molecule has 6 heteroatoms. The number of carbonyl (C=O) groups is 1. The summed E-state index contributed by atoms with van der Waals surface area (Å²) in [7, 11) is 1.54. The molecule has 1 atom stereocenters. The van der Waals surface area contributed by atoms with Gasteiger partial charge in [0.2, 0.25) is 0 Å². The minimum Gasteiger partial charge on any atom is -0.491 e. The van der Waals surface area contributed by atoms with E-state index in [1.165, 1.54) is 4.90 Å². The molecule has 0 aliphatic carbocycles. The summed E-state index contributed by atoms with van der Waals surface area (Å²) in [6.07, 6.45) is 0.0630. The number of ether oxygens (including phenoxy) is 1. The summed E-state index contributed by atoms with van der Waals surface area (Å²) < 4.78 is 32.9. The van der Waals surface area contributed by atoms with Crippen molar-refractivity contribution >= 4 is 6.03 Å². The fourth-order valence-electron chi connectivity index (χ4n) is 2.52. The Balaban J connectivity index is 2.00. The number of benzene rings is 2. The average molecular weight is 362 g/mol. The van der Waals surface area contributed by atoms with Crippen molar-refractivity contribution in [1.29, 1.82) is 0 Å². The molecule has 0 saturated carbocycles. The van der Waals surface area contributed by atoms with Crippen molar-refractivity contribution in [1.82, 2.24) is 10.2 Å². The van der Waals surface area contributed by atoms with Gasteiger partial charge in [-0.05, 0) is 56.7 Å². The SMILES string of the molecule is CC(C)Oc1cccc(CNC(=O)N(C)C(C)c2cc(F)ccc2F)c1. The summed E-state index contributed by atoms with van der Waals surface area (Å²) in [6.45, 7) is 5.83. The average Bonchev–Trinajstić information content (AvgIpc) is 2.60. The number of amides is 2. The third-order valence-corrected chi connectivity index (χ3v) is 4.02. The molecular weight excluding hydrogens is 338 g/mol. The summed E-state index contributed by atoms with van der Waals surface area (Å²) in [4.78, 5) is 13.7. The van der Waals surface area contributed by atoms with Crippen LogP contribution in [0.3, 0.4) is 0 Å². The highest BCUT2D eigenvalue weighted by atomic mass is 19.1. The van der Waals surface area contributed by atoms with Gasteiger partial charge in [-0.25, -0.2) is 13.6 Å². The predicted octanol–water partition coefficient (Wildman–Crippen LogP) is 4.65. The molecule has 4 nitrogen and oxygen atoms in total. The molecule has 0 spiro atoms. The number of nitrogens with zero attached hydrogens (tertiary/aromatic N) is 1. The van der Waals surface area contributed by atoms with E-state index in [0.29, 0.717) is 6.54 Å². The van der Waals surface area contributed by atoms with E-state index >= 15 is 0 Å². The van der Waals surface area contributed by atoms with Crippen molar-refractivity contribution < 1.29 is 18.3 Å². The van der Waals surface area contributed by atoms with Gasteiger partial charge in [-0.1, -0.05) is 12.1 Å². The number of nitrogens with one attached hydrogen (secondary N) is 1. The third-order valence-electron chi connectivity index (χ3n) is 4.02. The van der Waals surface area contributed by atoms with Gasteiger partial charge in [0.05, 0.1) is 12.1 Å². The quantitative estimate of drug-likeness (QED) is 0.812. The maximum absolute atomic E-state index is 13.9. The molecular formula is C20H24F2N2O2. The van der Waals surface area contributed by atoms with E-state index in [1.807, 2.05) is 38.1 Å². The van der Waals surface area contributed by atoms with Crippen LogP contribution in [0.2, 0.25) is 0 Å². The topological polar surface area (TPSA) is 41.6 Å². The Kier molecular flexibility index (Phi) is 6.55. The van der Waals surface area contributed by atoms with E-state index in [0.717, 1.165) is 29.5 Å². The van der Waals surface area contributed by atoms with E-state index in [2.05, 4.69) is 5.32 Å². The zero-order chi connectivity index (χ0) is 19.3.